The number of benzene rings is 1. The number of hydrogen-bond acceptors (Lipinski definition) is 3. The molecule has 1 amide bonds. The van der Waals surface area contributed by atoms with Crippen molar-refractivity contribution in [2.24, 2.45) is 5.73 Å². The zero-order valence-corrected chi connectivity index (χ0v) is 11.8. The molecule has 18 heavy (non-hydrogen) atoms. The minimum absolute atomic E-state index is 0.00655. The molecule has 1 aromatic rings. The summed E-state index contributed by atoms with van der Waals surface area (Å²) in [6.45, 7) is 5.09. The van der Waals surface area contributed by atoms with Crippen molar-refractivity contribution in [3.63, 3.8) is 0 Å². The second kappa shape index (κ2) is 6.35. The first-order chi connectivity index (χ1) is 8.49. The van der Waals surface area contributed by atoms with Crippen LogP contribution in [0.4, 0.5) is 5.69 Å². The summed E-state index contributed by atoms with van der Waals surface area (Å²) in [6.07, 6.45) is 0. The second-order valence-corrected chi connectivity index (χ2v) is 4.49. The lowest BCUT2D eigenvalue weighted by molar-refractivity contribution is -0.119. The average Bonchev–Trinajstić information content (AvgIpc) is 2.34. The summed E-state index contributed by atoms with van der Waals surface area (Å²) in [5.41, 5.74) is 8.53. The van der Waals surface area contributed by atoms with Crippen molar-refractivity contribution >= 4 is 28.8 Å². The van der Waals surface area contributed by atoms with Gasteiger partial charge in [0.25, 0.3) is 0 Å². The summed E-state index contributed by atoms with van der Waals surface area (Å²) in [6, 6.07) is 5.84. The quantitative estimate of drug-likeness (QED) is 0.786. The zero-order chi connectivity index (χ0) is 13.7. The first kappa shape index (κ1) is 14.4. The lowest BCUT2D eigenvalue weighted by Crippen LogP contribution is -2.35. The molecule has 0 saturated heterocycles. The van der Waals surface area contributed by atoms with Crippen molar-refractivity contribution in [2.45, 2.75) is 13.8 Å². The highest BCUT2D eigenvalue weighted by molar-refractivity contribution is 7.80. The van der Waals surface area contributed by atoms with E-state index in [1.807, 2.05) is 36.9 Å². The van der Waals surface area contributed by atoms with Gasteiger partial charge in [-0.05, 0) is 37.6 Å². The summed E-state index contributed by atoms with van der Waals surface area (Å²) in [5.74, 6) is -0.00655. The molecule has 0 aliphatic rings. The van der Waals surface area contributed by atoms with Gasteiger partial charge < -0.3 is 16.0 Å². The van der Waals surface area contributed by atoms with Gasteiger partial charge in [-0.3, -0.25) is 4.79 Å². The molecule has 0 aliphatic carbocycles. The molecular formula is C13H19N3OS. The topological polar surface area (TPSA) is 58.4 Å². The first-order valence-electron chi connectivity index (χ1n) is 5.85. The van der Waals surface area contributed by atoms with Gasteiger partial charge in [-0.2, -0.15) is 0 Å². The summed E-state index contributed by atoms with van der Waals surface area (Å²) in [7, 11) is 1.64. The van der Waals surface area contributed by atoms with Crippen LogP contribution in [0.2, 0.25) is 0 Å². The Bertz CT molecular complexity index is 460. The summed E-state index contributed by atoms with van der Waals surface area (Å²) in [4.78, 5) is 13.8. The monoisotopic (exact) mass is 265 g/mol. The van der Waals surface area contributed by atoms with Gasteiger partial charge in [0.1, 0.15) is 4.99 Å². The number of nitrogens with one attached hydrogen (secondary N) is 1. The van der Waals surface area contributed by atoms with Crippen molar-refractivity contribution in [1.82, 2.24) is 5.32 Å². The van der Waals surface area contributed by atoms with Gasteiger partial charge in [0.2, 0.25) is 5.91 Å². The number of rotatable bonds is 5. The van der Waals surface area contributed by atoms with E-state index in [1.165, 1.54) is 0 Å². The third-order valence-corrected chi connectivity index (χ3v) is 3.06. The van der Waals surface area contributed by atoms with Crippen LogP contribution in [0, 0.1) is 6.92 Å². The molecule has 0 aliphatic heterocycles. The fourth-order valence-electron chi connectivity index (χ4n) is 1.76. The van der Waals surface area contributed by atoms with Crippen molar-refractivity contribution < 1.29 is 4.79 Å². The molecule has 0 aromatic heterocycles. The zero-order valence-electron chi connectivity index (χ0n) is 11.0. The Hall–Kier alpha value is -1.62. The molecule has 0 heterocycles. The lowest BCUT2D eigenvalue weighted by atomic mass is 10.1. The number of aryl methyl sites for hydroxylation is 1. The number of amides is 1. The van der Waals surface area contributed by atoms with Crippen LogP contribution in [-0.2, 0) is 4.79 Å². The van der Waals surface area contributed by atoms with Crippen molar-refractivity contribution in [1.29, 1.82) is 0 Å². The molecule has 0 fully saturated rings. The highest BCUT2D eigenvalue weighted by atomic mass is 32.1. The Kier molecular flexibility index (Phi) is 5.09. The summed E-state index contributed by atoms with van der Waals surface area (Å²) >= 11 is 4.98. The second-order valence-electron chi connectivity index (χ2n) is 4.05. The van der Waals surface area contributed by atoms with Crippen molar-refractivity contribution in [2.75, 3.05) is 25.0 Å². The van der Waals surface area contributed by atoms with Crippen LogP contribution >= 0.6 is 12.2 Å². The smallest absolute Gasteiger partial charge is 0.239 e. The van der Waals surface area contributed by atoms with E-state index in [0.717, 1.165) is 23.4 Å². The van der Waals surface area contributed by atoms with E-state index in [4.69, 9.17) is 18.0 Å². The van der Waals surface area contributed by atoms with Gasteiger partial charge >= 0.3 is 0 Å². The third kappa shape index (κ3) is 3.43. The van der Waals surface area contributed by atoms with Crippen LogP contribution in [0.5, 0.6) is 0 Å². The number of nitrogens with zero attached hydrogens (tertiary/aromatic N) is 1. The maximum Gasteiger partial charge on any atom is 0.239 e. The molecule has 0 bridgehead atoms. The van der Waals surface area contributed by atoms with E-state index in [-0.39, 0.29) is 5.91 Å². The van der Waals surface area contributed by atoms with Gasteiger partial charge in [-0.25, -0.2) is 0 Å². The summed E-state index contributed by atoms with van der Waals surface area (Å²) in [5, 5.41) is 2.62. The molecular weight excluding hydrogens is 246 g/mol. The SMILES string of the molecule is CCN(CC(=O)NC)c1ccc(C(N)=S)c(C)c1. The van der Waals surface area contributed by atoms with E-state index in [2.05, 4.69) is 5.32 Å². The standard InChI is InChI=1S/C13H19N3OS/c1-4-16(8-12(17)15-3)10-5-6-11(13(14)18)9(2)7-10/h5-7H,4,8H2,1-3H3,(H2,14,18)(H,15,17). The van der Waals surface area contributed by atoms with E-state index in [9.17, 15) is 4.79 Å². The lowest BCUT2D eigenvalue weighted by Gasteiger charge is -2.23. The Morgan fingerprint density at radius 3 is 2.61 bits per heavy atom. The normalized spacial score (nSPS) is 9.94. The molecule has 0 spiro atoms. The molecule has 3 N–H and O–H groups in total. The van der Waals surface area contributed by atoms with Crippen LogP contribution in [-0.4, -0.2) is 31.0 Å². The van der Waals surface area contributed by atoms with Crippen molar-refractivity contribution in [3.8, 4) is 0 Å². The van der Waals surface area contributed by atoms with Gasteiger partial charge in [-0.1, -0.05) is 12.2 Å². The number of thiocarbonyl (C=S) groups is 1. The first-order valence-corrected chi connectivity index (χ1v) is 6.26. The van der Waals surface area contributed by atoms with Gasteiger partial charge in [0.15, 0.2) is 0 Å². The number of nitrogens with two attached hydrogens (primary N) is 1. The number of hydrogen-bond donors (Lipinski definition) is 2. The van der Waals surface area contributed by atoms with Gasteiger partial charge in [-0.15, -0.1) is 0 Å². The van der Waals surface area contributed by atoms with Gasteiger partial charge in [0, 0.05) is 24.8 Å². The van der Waals surface area contributed by atoms with E-state index < -0.39 is 0 Å². The third-order valence-electron chi connectivity index (χ3n) is 2.84. The predicted molar refractivity (Wildman–Crippen MR) is 79.0 cm³/mol. The van der Waals surface area contributed by atoms with Gasteiger partial charge in [0.05, 0.1) is 6.54 Å². The predicted octanol–water partition coefficient (Wildman–Crippen LogP) is 1.20. The van der Waals surface area contributed by atoms with Crippen molar-refractivity contribution in [3.05, 3.63) is 29.3 Å². The number of carbonyl (C=O) groups is 1. The Balaban J connectivity index is 2.97. The minimum Gasteiger partial charge on any atom is -0.389 e. The molecule has 0 atom stereocenters. The number of anilines is 1. The fraction of sp³-hybridized carbons (Fsp3) is 0.385. The average molecular weight is 265 g/mol. The molecule has 0 radical (unpaired) electrons. The van der Waals surface area contributed by atoms with E-state index in [0.29, 0.717) is 11.5 Å². The Labute approximate surface area is 113 Å². The fourth-order valence-corrected chi connectivity index (χ4v) is 1.99. The van der Waals surface area contributed by atoms with Crippen LogP contribution < -0.4 is 16.0 Å². The number of carbonyl (C=O) groups excluding carboxylic acids is 1. The molecule has 1 aromatic carbocycles. The number of likely N-dealkylation sites (N-methyl/N-ethyl adjacent to an activating group) is 2. The minimum atomic E-state index is -0.00655. The molecule has 0 saturated carbocycles. The molecule has 98 valence electrons. The molecule has 0 unspecified atom stereocenters. The largest absolute Gasteiger partial charge is 0.389 e. The van der Waals surface area contributed by atoms with Crippen LogP contribution in [0.25, 0.3) is 0 Å². The Morgan fingerprint density at radius 2 is 2.17 bits per heavy atom. The van der Waals surface area contributed by atoms with E-state index in [1.54, 1.807) is 7.05 Å². The summed E-state index contributed by atoms with van der Waals surface area (Å²) < 4.78 is 0. The van der Waals surface area contributed by atoms with Crippen LogP contribution in [0.3, 0.4) is 0 Å². The highest BCUT2D eigenvalue weighted by Crippen LogP contribution is 2.19. The maximum absolute atomic E-state index is 11.4. The molecule has 5 heteroatoms. The molecule has 1 rings (SSSR count). The Morgan fingerprint density at radius 1 is 1.50 bits per heavy atom. The highest BCUT2D eigenvalue weighted by Gasteiger charge is 2.10. The molecule has 4 nitrogen and oxygen atoms in total. The van der Waals surface area contributed by atoms with Crippen LogP contribution in [0.1, 0.15) is 18.1 Å². The maximum atomic E-state index is 11.4. The van der Waals surface area contributed by atoms with Crippen LogP contribution in [0.15, 0.2) is 18.2 Å². The van der Waals surface area contributed by atoms with E-state index >= 15 is 0 Å².